The molecule has 0 unspecified atom stereocenters. The summed E-state index contributed by atoms with van der Waals surface area (Å²) in [5.74, 6) is -1.33. The maximum Gasteiger partial charge on any atom is 0.269 e. The van der Waals surface area contributed by atoms with E-state index in [1.807, 2.05) is 0 Å². The van der Waals surface area contributed by atoms with E-state index in [0.29, 0.717) is 0 Å². The Morgan fingerprint density at radius 3 is 1.64 bits per heavy atom. The molecule has 0 saturated heterocycles. The molecule has 0 radical (unpaired) electrons. The number of carbonyl (C=O) groups excluding carboxylic acids is 2. The van der Waals surface area contributed by atoms with Gasteiger partial charge in [-0.15, -0.1) is 0 Å². The maximum absolute atomic E-state index is 12.5. The zero-order chi connectivity index (χ0) is 20.7. The zero-order valence-electron chi connectivity index (χ0n) is 15.0. The van der Waals surface area contributed by atoms with E-state index in [9.17, 15) is 27.2 Å². The molecule has 2 N–H and O–H groups in total. The van der Waals surface area contributed by atoms with Crippen molar-refractivity contribution >= 4 is 11.8 Å². The second-order valence-electron chi connectivity index (χ2n) is 6.10. The summed E-state index contributed by atoms with van der Waals surface area (Å²) in [6, 6.07) is 2.66. The van der Waals surface area contributed by atoms with E-state index in [4.69, 9.17) is 0 Å². The Labute approximate surface area is 157 Å². The highest BCUT2D eigenvalue weighted by Crippen LogP contribution is 2.05. The number of halogens is 4. The topological polar surface area (TPSA) is 93.8 Å². The Hall–Kier alpha value is -2.92. The van der Waals surface area contributed by atoms with Crippen LogP contribution in [0.4, 0.5) is 17.6 Å². The van der Waals surface area contributed by atoms with Crippen LogP contribution < -0.4 is 10.6 Å². The predicted molar refractivity (Wildman–Crippen MR) is 90.3 cm³/mol. The lowest BCUT2D eigenvalue weighted by atomic mass is 10.1. The molecule has 12 heteroatoms. The molecule has 0 saturated carbocycles. The summed E-state index contributed by atoms with van der Waals surface area (Å²) in [6.07, 6.45) is -2.77. The summed E-state index contributed by atoms with van der Waals surface area (Å²) in [7, 11) is 0. The molecule has 0 atom stereocenters. The number of hydrogen-bond acceptors (Lipinski definition) is 4. The van der Waals surface area contributed by atoms with Gasteiger partial charge in [0.1, 0.15) is 24.5 Å². The molecule has 0 fully saturated rings. The van der Waals surface area contributed by atoms with Crippen molar-refractivity contribution in [3.05, 3.63) is 35.9 Å². The molecule has 2 rings (SSSR count). The van der Waals surface area contributed by atoms with Gasteiger partial charge in [0.25, 0.3) is 24.7 Å². The van der Waals surface area contributed by atoms with Gasteiger partial charge in [0.15, 0.2) is 0 Å². The Balaban J connectivity index is 1.81. The third-order valence-corrected chi connectivity index (χ3v) is 3.74. The standard InChI is InChI=1S/C16H20F4N6O2/c1-10(6-21-15(27)11-2-4-23-25(11)8-13(17)18)7-22-16(28)12-3-5-24-26(12)9-14(19)20/h2-5,10,13-14H,6-9H2,1H3,(H,21,27)(H,22,28). The minimum Gasteiger partial charge on any atom is -0.350 e. The number of hydrogen-bond donors (Lipinski definition) is 2. The fourth-order valence-electron chi connectivity index (χ4n) is 2.39. The van der Waals surface area contributed by atoms with Crippen LogP contribution in [0.2, 0.25) is 0 Å². The lowest BCUT2D eigenvalue weighted by Gasteiger charge is -2.14. The van der Waals surface area contributed by atoms with Gasteiger partial charge in [-0.2, -0.15) is 10.2 Å². The second kappa shape index (κ2) is 9.85. The van der Waals surface area contributed by atoms with Crippen molar-refractivity contribution in [2.24, 2.45) is 5.92 Å². The Bertz CT molecular complexity index is 727. The summed E-state index contributed by atoms with van der Waals surface area (Å²) in [5, 5.41) is 12.5. The zero-order valence-corrected chi connectivity index (χ0v) is 15.0. The number of nitrogens with one attached hydrogen (secondary N) is 2. The first-order chi connectivity index (χ1) is 13.3. The van der Waals surface area contributed by atoms with Crippen LogP contribution >= 0.6 is 0 Å². The molecular weight excluding hydrogens is 384 g/mol. The van der Waals surface area contributed by atoms with Gasteiger partial charge in [0.05, 0.1) is 0 Å². The number of nitrogens with zero attached hydrogens (tertiary/aromatic N) is 4. The van der Waals surface area contributed by atoms with Crippen LogP contribution in [0.15, 0.2) is 24.5 Å². The lowest BCUT2D eigenvalue weighted by molar-refractivity contribution is 0.0915. The van der Waals surface area contributed by atoms with Crippen LogP contribution in [0.3, 0.4) is 0 Å². The predicted octanol–water partition coefficient (Wildman–Crippen LogP) is 1.41. The molecule has 2 aromatic rings. The van der Waals surface area contributed by atoms with Crippen LogP contribution in [0.5, 0.6) is 0 Å². The van der Waals surface area contributed by atoms with Gasteiger partial charge in [-0.25, -0.2) is 17.6 Å². The summed E-state index contributed by atoms with van der Waals surface area (Å²) < 4.78 is 51.7. The van der Waals surface area contributed by atoms with Gasteiger partial charge in [-0.3, -0.25) is 19.0 Å². The van der Waals surface area contributed by atoms with E-state index >= 15 is 0 Å². The number of carbonyl (C=O) groups is 2. The minimum atomic E-state index is -2.64. The van der Waals surface area contributed by atoms with Crippen LogP contribution in [0.1, 0.15) is 27.9 Å². The molecule has 8 nitrogen and oxygen atoms in total. The molecule has 0 aliphatic rings. The summed E-state index contributed by atoms with van der Waals surface area (Å²) in [6.45, 7) is 0.694. The minimum absolute atomic E-state index is 0.00689. The van der Waals surface area contributed by atoms with Crippen molar-refractivity contribution < 1.29 is 27.2 Å². The van der Waals surface area contributed by atoms with Crippen molar-refractivity contribution in [2.45, 2.75) is 32.9 Å². The van der Waals surface area contributed by atoms with Gasteiger partial charge in [0, 0.05) is 25.5 Å². The number of aromatic nitrogens is 4. The summed E-state index contributed by atoms with van der Waals surface area (Å²) in [4.78, 5) is 24.2. The Kier molecular flexibility index (Phi) is 7.52. The molecule has 0 aliphatic carbocycles. The van der Waals surface area contributed by atoms with Crippen LogP contribution in [0.25, 0.3) is 0 Å². The molecule has 0 aromatic carbocycles. The third-order valence-electron chi connectivity index (χ3n) is 3.74. The SMILES string of the molecule is CC(CNC(=O)c1ccnn1CC(F)F)CNC(=O)c1ccnn1CC(F)F. The van der Waals surface area contributed by atoms with Crippen LogP contribution in [-0.2, 0) is 13.1 Å². The molecule has 0 spiro atoms. The van der Waals surface area contributed by atoms with Crippen LogP contribution in [0, 0.1) is 5.92 Å². The van der Waals surface area contributed by atoms with Gasteiger partial charge in [-0.1, -0.05) is 6.92 Å². The number of amides is 2. The van der Waals surface area contributed by atoms with E-state index in [-0.39, 0.29) is 30.4 Å². The van der Waals surface area contributed by atoms with E-state index in [2.05, 4.69) is 20.8 Å². The van der Waals surface area contributed by atoms with Gasteiger partial charge < -0.3 is 10.6 Å². The van der Waals surface area contributed by atoms with Crippen molar-refractivity contribution in [2.75, 3.05) is 13.1 Å². The average Bonchev–Trinajstić information content (AvgIpc) is 3.26. The van der Waals surface area contributed by atoms with E-state index in [0.717, 1.165) is 9.36 Å². The fourth-order valence-corrected chi connectivity index (χ4v) is 2.39. The highest BCUT2D eigenvalue weighted by atomic mass is 19.3. The molecule has 2 amide bonds. The Morgan fingerprint density at radius 2 is 1.29 bits per heavy atom. The highest BCUT2D eigenvalue weighted by molar-refractivity contribution is 5.93. The van der Waals surface area contributed by atoms with E-state index in [1.165, 1.54) is 24.5 Å². The third kappa shape index (κ3) is 6.06. The van der Waals surface area contributed by atoms with Gasteiger partial charge >= 0.3 is 0 Å². The first-order valence-electron chi connectivity index (χ1n) is 8.44. The summed E-state index contributed by atoms with van der Waals surface area (Å²) >= 11 is 0. The molecule has 154 valence electrons. The fraction of sp³-hybridized carbons (Fsp3) is 0.500. The van der Waals surface area contributed by atoms with Crippen molar-refractivity contribution in [1.29, 1.82) is 0 Å². The first-order valence-corrected chi connectivity index (χ1v) is 8.44. The monoisotopic (exact) mass is 404 g/mol. The van der Waals surface area contributed by atoms with E-state index in [1.54, 1.807) is 6.92 Å². The van der Waals surface area contributed by atoms with Gasteiger partial charge in [-0.05, 0) is 18.1 Å². The number of rotatable bonds is 10. The van der Waals surface area contributed by atoms with Crippen LogP contribution in [-0.4, -0.2) is 57.3 Å². The second-order valence-corrected chi connectivity index (χ2v) is 6.10. The molecular formula is C16H20F4N6O2. The summed E-state index contributed by atoms with van der Waals surface area (Å²) in [5.41, 5.74) is 0.0138. The normalized spacial score (nSPS) is 11.4. The molecule has 0 bridgehead atoms. The quantitative estimate of drug-likeness (QED) is 0.586. The molecule has 0 aliphatic heterocycles. The maximum atomic E-state index is 12.5. The van der Waals surface area contributed by atoms with Crippen molar-refractivity contribution in [3.8, 4) is 0 Å². The number of alkyl halides is 4. The van der Waals surface area contributed by atoms with E-state index < -0.39 is 37.8 Å². The highest BCUT2D eigenvalue weighted by Gasteiger charge is 2.18. The van der Waals surface area contributed by atoms with Gasteiger partial charge in [0.2, 0.25) is 0 Å². The smallest absolute Gasteiger partial charge is 0.269 e. The Morgan fingerprint density at radius 1 is 0.893 bits per heavy atom. The molecule has 2 aromatic heterocycles. The first kappa shape index (κ1) is 21.4. The average molecular weight is 404 g/mol. The lowest BCUT2D eigenvalue weighted by Crippen LogP contribution is -2.37. The molecule has 28 heavy (non-hydrogen) atoms. The van der Waals surface area contributed by atoms with Crippen molar-refractivity contribution in [3.63, 3.8) is 0 Å². The molecule has 2 heterocycles. The van der Waals surface area contributed by atoms with Crippen molar-refractivity contribution in [1.82, 2.24) is 30.2 Å². The largest absolute Gasteiger partial charge is 0.350 e.